The number of imide groups is 1. The van der Waals surface area contributed by atoms with Crippen LogP contribution < -0.4 is 11.1 Å². The molecule has 8 rings (SSSR count). The number of aromatic nitrogens is 2. The third-order valence-electron chi connectivity index (χ3n) is 7.73. The molecule has 0 spiro atoms. The molecule has 0 radical (unpaired) electrons. The number of hydrogen-bond acceptors (Lipinski definition) is 3. The number of carbonyl (C=O) groups excluding carboxylic acids is 2. The Bertz CT molecular complexity index is 1690. The van der Waals surface area contributed by atoms with Gasteiger partial charge in [-0.2, -0.15) is 0 Å². The fourth-order valence-corrected chi connectivity index (χ4v) is 6.68. The molecule has 3 aromatic carbocycles. The van der Waals surface area contributed by atoms with Crippen LogP contribution in [0.1, 0.15) is 45.6 Å². The van der Waals surface area contributed by atoms with E-state index in [0.717, 1.165) is 56.5 Å². The van der Waals surface area contributed by atoms with Crippen molar-refractivity contribution in [2.75, 3.05) is 0 Å². The van der Waals surface area contributed by atoms with Crippen LogP contribution in [0.4, 0.5) is 0 Å². The molecule has 4 heterocycles. The molecule has 3 aliphatic rings. The van der Waals surface area contributed by atoms with Gasteiger partial charge in [0.15, 0.2) is 0 Å². The highest BCUT2D eigenvalue weighted by molar-refractivity contribution is 6.39. The van der Waals surface area contributed by atoms with E-state index >= 15 is 0 Å². The average Bonchev–Trinajstić information content (AvgIpc) is 3.45. The van der Waals surface area contributed by atoms with E-state index in [9.17, 15) is 9.59 Å². The van der Waals surface area contributed by atoms with Crippen molar-refractivity contribution in [3.8, 4) is 0 Å². The lowest BCUT2D eigenvalue weighted by Gasteiger charge is -2.21. The number of rotatable bonds is 0. The number of nitrogens with zero attached hydrogens (tertiary/aromatic N) is 2. The summed E-state index contributed by atoms with van der Waals surface area (Å²) >= 11 is 0. The van der Waals surface area contributed by atoms with Crippen molar-refractivity contribution in [3.05, 3.63) is 59.7 Å². The summed E-state index contributed by atoms with van der Waals surface area (Å²) in [5.41, 5.74) is 12.0. The first-order valence-corrected chi connectivity index (χ1v) is 10.8. The minimum absolute atomic E-state index is 0.0390. The number of nitrogens with two attached hydrogens (primary N) is 1. The lowest BCUT2D eigenvalue weighted by atomic mass is 9.96. The fourth-order valence-electron chi connectivity index (χ4n) is 6.68. The van der Waals surface area contributed by atoms with E-state index < -0.39 is 0 Å². The Kier molecular flexibility index (Phi) is 2.59. The van der Waals surface area contributed by atoms with E-state index in [0.29, 0.717) is 11.1 Å². The summed E-state index contributed by atoms with van der Waals surface area (Å²) in [4.78, 5) is 26.2. The molecule has 2 amide bonds. The monoisotopic (exact) mass is 406 g/mol. The van der Waals surface area contributed by atoms with Crippen LogP contribution in [-0.4, -0.2) is 27.0 Å². The van der Waals surface area contributed by atoms with Crippen LogP contribution in [0.5, 0.6) is 0 Å². The van der Waals surface area contributed by atoms with Gasteiger partial charge in [-0.05, 0) is 25.0 Å². The molecule has 1 aliphatic carbocycles. The van der Waals surface area contributed by atoms with Gasteiger partial charge in [-0.1, -0.05) is 36.4 Å². The van der Waals surface area contributed by atoms with Crippen molar-refractivity contribution < 1.29 is 9.59 Å². The van der Waals surface area contributed by atoms with E-state index in [-0.39, 0.29) is 29.9 Å². The third-order valence-corrected chi connectivity index (χ3v) is 7.73. The van der Waals surface area contributed by atoms with Crippen LogP contribution in [0.15, 0.2) is 48.5 Å². The second kappa shape index (κ2) is 4.98. The van der Waals surface area contributed by atoms with E-state index in [1.165, 1.54) is 0 Å². The zero-order valence-electron chi connectivity index (χ0n) is 16.6. The maximum atomic E-state index is 13.1. The summed E-state index contributed by atoms with van der Waals surface area (Å²) in [6.07, 6.45) is 1.84. The van der Waals surface area contributed by atoms with Crippen molar-refractivity contribution in [1.29, 1.82) is 0 Å². The maximum Gasteiger partial charge on any atom is 0.259 e. The summed E-state index contributed by atoms with van der Waals surface area (Å²) in [7, 11) is 0. The molecule has 0 saturated heterocycles. The highest BCUT2D eigenvalue weighted by Crippen LogP contribution is 2.53. The number of hydrogen-bond donors (Lipinski definition) is 2. The second-order valence-electron chi connectivity index (χ2n) is 9.11. The zero-order chi connectivity index (χ0) is 20.6. The van der Waals surface area contributed by atoms with E-state index in [4.69, 9.17) is 5.73 Å². The van der Waals surface area contributed by atoms with E-state index in [1.807, 2.05) is 24.3 Å². The summed E-state index contributed by atoms with van der Waals surface area (Å²) in [6, 6.07) is 16.9. The topological polar surface area (TPSA) is 82.0 Å². The molecule has 2 bridgehead atoms. The number of benzene rings is 3. The molecule has 5 aromatic rings. The summed E-state index contributed by atoms with van der Waals surface area (Å²) in [6.45, 7) is 0. The van der Waals surface area contributed by atoms with Crippen LogP contribution in [0.2, 0.25) is 0 Å². The van der Waals surface area contributed by atoms with Crippen LogP contribution in [0.3, 0.4) is 0 Å². The van der Waals surface area contributed by atoms with Crippen molar-refractivity contribution in [3.63, 3.8) is 0 Å². The molecule has 3 N–H and O–H groups in total. The van der Waals surface area contributed by atoms with E-state index in [1.54, 1.807) is 0 Å². The summed E-state index contributed by atoms with van der Waals surface area (Å²) in [5.74, 6) is -0.604. The van der Waals surface area contributed by atoms with Crippen LogP contribution >= 0.6 is 0 Å². The molecular weight excluding hydrogens is 388 g/mol. The standard InChI is InChI=1S/C25H18N4O2/c26-14-9-11-10-17(14)29-16-8-4-2-6-13(16)19-21-20(24(30)27-25(21)31)18-12-5-1-3-7-15(12)28(11)22(18)23(19)29/h1-8,11,14,17H,9-10,26H2,(H,27,30,31). The molecule has 2 aromatic heterocycles. The van der Waals surface area contributed by atoms with Gasteiger partial charge in [0.25, 0.3) is 11.8 Å². The Labute approximate surface area is 176 Å². The molecule has 1 fully saturated rings. The summed E-state index contributed by atoms with van der Waals surface area (Å²) in [5, 5.41) is 6.38. The third kappa shape index (κ3) is 1.62. The Morgan fingerprint density at radius 2 is 1.32 bits per heavy atom. The molecule has 150 valence electrons. The SMILES string of the molecule is NC1CC2CC1n1c3ccccc3c3c4c(c5c6ccccc6n2c5c31)C(=O)NC4=O. The predicted molar refractivity (Wildman–Crippen MR) is 120 cm³/mol. The van der Waals surface area contributed by atoms with Gasteiger partial charge in [0.1, 0.15) is 0 Å². The first-order chi connectivity index (χ1) is 15.1. The Hall–Kier alpha value is -3.64. The average molecular weight is 406 g/mol. The molecule has 3 unspecified atom stereocenters. The van der Waals surface area contributed by atoms with Crippen LogP contribution in [0, 0.1) is 0 Å². The number of nitrogens with one attached hydrogen (secondary N) is 1. The van der Waals surface area contributed by atoms with Gasteiger partial charge in [-0.3, -0.25) is 14.9 Å². The smallest absolute Gasteiger partial charge is 0.259 e. The predicted octanol–water partition coefficient (Wildman–Crippen LogP) is 4.00. The number of carbonyl (C=O) groups is 2. The molecule has 1 saturated carbocycles. The number of para-hydroxylation sites is 2. The van der Waals surface area contributed by atoms with Gasteiger partial charge < -0.3 is 14.9 Å². The van der Waals surface area contributed by atoms with Gasteiger partial charge in [-0.15, -0.1) is 0 Å². The molecule has 6 heteroatoms. The van der Waals surface area contributed by atoms with E-state index in [2.05, 4.69) is 38.7 Å². The van der Waals surface area contributed by atoms with Crippen LogP contribution in [-0.2, 0) is 0 Å². The van der Waals surface area contributed by atoms with Crippen molar-refractivity contribution in [1.82, 2.24) is 14.5 Å². The Morgan fingerprint density at radius 1 is 0.774 bits per heavy atom. The molecule has 2 aliphatic heterocycles. The van der Waals surface area contributed by atoms with Crippen molar-refractivity contribution in [2.24, 2.45) is 5.73 Å². The Balaban J connectivity index is 1.81. The van der Waals surface area contributed by atoms with Crippen molar-refractivity contribution in [2.45, 2.75) is 31.0 Å². The minimum Gasteiger partial charge on any atom is -0.335 e. The lowest BCUT2D eigenvalue weighted by molar-refractivity contribution is 0.0880. The van der Waals surface area contributed by atoms with Gasteiger partial charge in [0.05, 0.1) is 28.2 Å². The molecule has 6 nitrogen and oxygen atoms in total. The quantitative estimate of drug-likeness (QED) is 0.381. The highest BCUT2D eigenvalue weighted by atomic mass is 16.2. The lowest BCUT2D eigenvalue weighted by Crippen LogP contribution is -2.27. The first-order valence-electron chi connectivity index (χ1n) is 10.8. The highest BCUT2D eigenvalue weighted by Gasteiger charge is 2.43. The first kappa shape index (κ1) is 16.1. The molecule has 3 atom stereocenters. The molecule has 31 heavy (non-hydrogen) atoms. The minimum atomic E-state index is -0.305. The second-order valence-corrected chi connectivity index (χ2v) is 9.11. The zero-order valence-corrected chi connectivity index (χ0v) is 16.6. The number of amides is 2. The number of fused-ring (bicyclic) bond motifs is 13. The largest absolute Gasteiger partial charge is 0.335 e. The van der Waals surface area contributed by atoms with Crippen LogP contribution in [0.25, 0.3) is 43.6 Å². The van der Waals surface area contributed by atoms with Gasteiger partial charge in [0, 0.05) is 44.7 Å². The summed E-state index contributed by atoms with van der Waals surface area (Å²) < 4.78 is 4.78. The Morgan fingerprint density at radius 3 is 1.97 bits per heavy atom. The maximum absolute atomic E-state index is 13.1. The normalized spacial score (nSPS) is 24.1. The van der Waals surface area contributed by atoms with Gasteiger partial charge in [0.2, 0.25) is 0 Å². The molecular formula is C25H18N4O2. The fraction of sp³-hybridized carbons (Fsp3) is 0.200. The van der Waals surface area contributed by atoms with Gasteiger partial charge in [-0.25, -0.2) is 0 Å². The van der Waals surface area contributed by atoms with Crippen molar-refractivity contribution >= 4 is 55.4 Å². The van der Waals surface area contributed by atoms with Gasteiger partial charge >= 0.3 is 0 Å².